The molecule has 4 aliphatic heterocycles. The lowest BCUT2D eigenvalue weighted by molar-refractivity contribution is -0.0696. The highest BCUT2D eigenvalue weighted by atomic mass is 31.2. The van der Waals surface area contributed by atoms with E-state index in [2.05, 4.69) is 132 Å². The van der Waals surface area contributed by atoms with Crippen LogP contribution in [0.25, 0.3) is 10.9 Å². The minimum Gasteiger partial charge on any atom is -0.295 e. The van der Waals surface area contributed by atoms with Crippen LogP contribution in [0.1, 0.15) is 55.1 Å². The fourth-order valence-corrected chi connectivity index (χ4v) is 12.4. The Hall–Kier alpha value is -3.89. The highest BCUT2D eigenvalue weighted by Crippen LogP contribution is 2.56. The van der Waals surface area contributed by atoms with Crippen LogP contribution >= 0.6 is 7.41 Å². The van der Waals surface area contributed by atoms with Crippen molar-refractivity contribution in [3.63, 3.8) is 0 Å². The highest BCUT2D eigenvalue weighted by molar-refractivity contribution is 7.94. The lowest BCUT2D eigenvalue weighted by atomic mass is 9.69. The first-order valence-corrected chi connectivity index (χ1v) is 18.2. The van der Waals surface area contributed by atoms with Gasteiger partial charge < -0.3 is 0 Å². The van der Waals surface area contributed by atoms with Gasteiger partial charge in [-0.2, -0.15) is 0 Å². The Morgan fingerprint density at radius 1 is 0.844 bits per heavy atom. The summed E-state index contributed by atoms with van der Waals surface area (Å²) >= 11 is 0. The van der Waals surface area contributed by atoms with E-state index in [1.807, 2.05) is 18.3 Å². The fourth-order valence-electron chi connectivity index (χ4n) is 8.60. The van der Waals surface area contributed by atoms with Crippen LogP contribution < -0.4 is 21.1 Å². The highest BCUT2D eigenvalue weighted by Gasteiger charge is 2.57. The quantitative estimate of drug-likeness (QED) is 0.219. The molecule has 6 atom stereocenters. The molecule has 0 radical (unpaired) electrons. The predicted octanol–water partition coefficient (Wildman–Crippen LogP) is 6.65. The van der Waals surface area contributed by atoms with E-state index in [1.54, 1.807) is 0 Å². The molecule has 3 unspecified atom stereocenters. The number of amides is 1. The summed E-state index contributed by atoms with van der Waals surface area (Å²) in [4.78, 5) is 22.5. The van der Waals surface area contributed by atoms with Gasteiger partial charge in [0.1, 0.15) is 15.9 Å². The zero-order valence-corrected chi connectivity index (χ0v) is 26.9. The molecule has 0 saturated carbocycles. The van der Waals surface area contributed by atoms with Crippen LogP contribution in [-0.4, -0.2) is 39.4 Å². The van der Waals surface area contributed by atoms with Gasteiger partial charge in [0.05, 0.1) is 17.1 Å². The number of benzene rings is 4. The predicted molar refractivity (Wildman–Crippen MR) is 185 cm³/mol. The molecular formula is C39H40N4OP+. The van der Waals surface area contributed by atoms with Gasteiger partial charge in [-0.3, -0.25) is 14.7 Å². The van der Waals surface area contributed by atoms with E-state index in [0.29, 0.717) is 17.9 Å². The second-order valence-electron chi connectivity index (χ2n) is 13.0. The topological polar surface area (TPSA) is 48.5 Å². The average molecular weight is 612 g/mol. The standard InChI is InChI=1S/C39H40N4OP/c1-3-28-26-42-27(2)24-29(28)25-36(42)38(33-22-23-40-35-20-12-10-18-32(33)35)43-39(44)34-19-11-13-21-37(34)45(41-43,30-14-6-4-7-15-30)31-16-8-5-9-17-31/h4-23,27-29,36,38,41H,3,24-26H2,1-2H3/q+1/t27-,28?,29?,36-,38-/m1/s1. The zero-order valence-electron chi connectivity index (χ0n) is 26.0. The summed E-state index contributed by atoms with van der Waals surface area (Å²) in [7, 11) is -2.49. The maximum Gasteiger partial charge on any atom is 0.275 e. The summed E-state index contributed by atoms with van der Waals surface area (Å²) in [6.07, 6.45) is 5.44. The van der Waals surface area contributed by atoms with Gasteiger partial charge in [0.25, 0.3) is 5.91 Å². The number of hydrazine groups is 1. The minimum atomic E-state index is -2.49. The molecule has 5 heterocycles. The zero-order chi connectivity index (χ0) is 30.5. The number of hydrogen-bond donors (Lipinski definition) is 1. The van der Waals surface area contributed by atoms with Crippen LogP contribution in [0.4, 0.5) is 0 Å². The van der Waals surface area contributed by atoms with Crippen molar-refractivity contribution in [2.75, 3.05) is 6.54 Å². The molecule has 5 aromatic rings. The summed E-state index contributed by atoms with van der Waals surface area (Å²) in [6.45, 7) is 5.81. The minimum absolute atomic E-state index is 0.0429. The van der Waals surface area contributed by atoms with Crippen molar-refractivity contribution in [2.45, 2.75) is 51.2 Å². The van der Waals surface area contributed by atoms with Crippen molar-refractivity contribution in [3.05, 3.63) is 133 Å². The van der Waals surface area contributed by atoms with Crippen LogP contribution in [0, 0.1) is 11.8 Å². The fraction of sp³-hybridized carbons (Fsp3) is 0.282. The van der Waals surface area contributed by atoms with Gasteiger partial charge >= 0.3 is 0 Å². The van der Waals surface area contributed by atoms with Gasteiger partial charge in [-0.05, 0) is 85.7 Å². The summed E-state index contributed by atoms with van der Waals surface area (Å²) in [5, 5.41) is 10.8. The molecule has 2 bridgehead atoms. The Labute approximate surface area is 266 Å². The normalized spacial score (nSPS) is 26.0. The van der Waals surface area contributed by atoms with Crippen LogP contribution in [0.2, 0.25) is 0 Å². The third-order valence-electron chi connectivity index (χ3n) is 10.7. The second kappa shape index (κ2) is 11.5. The Morgan fingerprint density at radius 2 is 1.51 bits per heavy atom. The largest absolute Gasteiger partial charge is 0.295 e. The van der Waals surface area contributed by atoms with Crippen LogP contribution in [0.15, 0.2) is 121 Å². The molecule has 226 valence electrons. The molecule has 4 aromatic carbocycles. The number of pyridine rings is 1. The molecule has 3 saturated heterocycles. The van der Waals surface area contributed by atoms with E-state index >= 15 is 4.79 Å². The van der Waals surface area contributed by atoms with Gasteiger partial charge in [-0.1, -0.05) is 85.3 Å². The number of rotatable bonds is 6. The van der Waals surface area contributed by atoms with Crippen molar-refractivity contribution in [1.82, 2.24) is 20.1 Å². The van der Waals surface area contributed by atoms with E-state index in [-0.39, 0.29) is 18.0 Å². The van der Waals surface area contributed by atoms with Gasteiger partial charge in [0, 0.05) is 30.2 Å². The second-order valence-corrected chi connectivity index (χ2v) is 16.1. The van der Waals surface area contributed by atoms with E-state index in [9.17, 15) is 0 Å². The molecular weight excluding hydrogens is 571 g/mol. The summed E-state index contributed by atoms with van der Waals surface area (Å²) < 4.78 is 0. The average Bonchev–Trinajstić information content (AvgIpc) is 3.10. The van der Waals surface area contributed by atoms with E-state index in [1.165, 1.54) is 23.5 Å². The SMILES string of the molecule is CCC1CN2[C@H](C)CC1C[C@@H]2[C@@H](c1ccnc2ccccc12)N1N[P+](c2ccccc2)(c2ccccc2)c2ccccc2C1=O. The van der Waals surface area contributed by atoms with Crippen molar-refractivity contribution < 1.29 is 4.79 Å². The van der Waals surface area contributed by atoms with Crippen molar-refractivity contribution in [2.24, 2.45) is 11.8 Å². The smallest absolute Gasteiger partial charge is 0.275 e. The number of hydrogen-bond acceptors (Lipinski definition) is 4. The molecule has 45 heavy (non-hydrogen) atoms. The van der Waals surface area contributed by atoms with Crippen molar-refractivity contribution in [1.29, 1.82) is 0 Å². The van der Waals surface area contributed by atoms with Crippen molar-refractivity contribution >= 4 is 40.1 Å². The first-order chi connectivity index (χ1) is 22.1. The number of carbonyl (C=O) groups is 1. The maximum atomic E-state index is 15.0. The molecule has 0 spiro atoms. The number of fused-ring (bicyclic) bond motifs is 5. The Kier molecular flexibility index (Phi) is 7.29. The molecule has 0 aliphatic carbocycles. The number of piperidine rings is 3. The third kappa shape index (κ3) is 4.55. The van der Waals surface area contributed by atoms with E-state index < -0.39 is 7.41 Å². The van der Waals surface area contributed by atoms with Gasteiger partial charge in [-0.25, -0.2) is 5.01 Å². The summed E-state index contributed by atoms with van der Waals surface area (Å²) in [6, 6.07) is 40.9. The molecule has 3 fully saturated rings. The molecule has 4 aliphatic rings. The number of nitrogens with zero attached hydrogens (tertiary/aromatic N) is 3. The molecule has 1 N–H and O–H groups in total. The number of para-hydroxylation sites is 1. The summed E-state index contributed by atoms with van der Waals surface area (Å²) in [5.74, 6) is 1.41. The number of nitrogens with one attached hydrogen (secondary N) is 1. The maximum absolute atomic E-state index is 15.0. The Morgan fingerprint density at radius 3 is 2.22 bits per heavy atom. The van der Waals surface area contributed by atoms with Gasteiger partial charge in [0.15, 0.2) is 0 Å². The van der Waals surface area contributed by atoms with Gasteiger partial charge in [0.2, 0.25) is 7.41 Å². The molecule has 1 amide bonds. The van der Waals surface area contributed by atoms with Crippen molar-refractivity contribution in [3.8, 4) is 0 Å². The lowest BCUT2D eigenvalue weighted by Gasteiger charge is -2.57. The van der Waals surface area contributed by atoms with Gasteiger partial charge in [-0.15, -0.1) is 0 Å². The van der Waals surface area contributed by atoms with Crippen LogP contribution in [0.5, 0.6) is 0 Å². The Bertz CT molecular complexity index is 1800. The Balaban J connectivity index is 1.38. The first kappa shape index (κ1) is 28.6. The first-order valence-electron chi connectivity index (χ1n) is 16.4. The molecule has 1 aromatic heterocycles. The molecule has 6 heteroatoms. The van der Waals surface area contributed by atoms with E-state index in [4.69, 9.17) is 4.98 Å². The lowest BCUT2D eigenvalue weighted by Crippen LogP contribution is -2.65. The third-order valence-corrected chi connectivity index (χ3v) is 14.5. The van der Waals surface area contributed by atoms with Crippen LogP contribution in [0.3, 0.4) is 0 Å². The summed E-state index contributed by atoms with van der Waals surface area (Å²) in [5.41, 5.74) is 2.92. The number of carbonyl (C=O) groups excluding carboxylic acids is 1. The molecule has 5 nitrogen and oxygen atoms in total. The molecule has 9 rings (SSSR count). The number of aromatic nitrogens is 1. The van der Waals surface area contributed by atoms with Crippen LogP contribution in [-0.2, 0) is 0 Å². The van der Waals surface area contributed by atoms with E-state index in [0.717, 1.165) is 40.3 Å². The monoisotopic (exact) mass is 611 g/mol.